The van der Waals surface area contributed by atoms with Crippen LogP contribution in [0.15, 0.2) is 24.3 Å². The number of nitrogens with one attached hydrogen (secondary N) is 2. The highest BCUT2D eigenvalue weighted by atomic mass is 16.1. The topological polar surface area (TPSA) is 41.1 Å². The maximum absolute atomic E-state index is 11.5. The summed E-state index contributed by atoms with van der Waals surface area (Å²) in [6, 6.07) is 8.64. The fourth-order valence-corrected chi connectivity index (χ4v) is 2.78. The van der Waals surface area contributed by atoms with Crippen LogP contribution in [0.2, 0.25) is 0 Å². The molecule has 2 aliphatic rings. The predicted octanol–water partition coefficient (Wildman–Crippen LogP) is 2.32. The molecule has 0 aromatic heterocycles. The number of hydrogen-bond acceptors (Lipinski definition) is 2. The van der Waals surface area contributed by atoms with Crippen LogP contribution in [-0.2, 0) is 6.54 Å². The van der Waals surface area contributed by atoms with Crippen LogP contribution in [0.4, 0.5) is 0 Å². The molecule has 1 aromatic carbocycles. The smallest absolute Gasteiger partial charge is 0.251 e. The lowest BCUT2D eigenvalue weighted by molar-refractivity contribution is 0.0963. The minimum absolute atomic E-state index is 0.0200. The van der Waals surface area contributed by atoms with Gasteiger partial charge in [0.2, 0.25) is 0 Å². The van der Waals surface area contributed by atoms with Gasteiger partial charge in [-0.05, 0) is 55.2 Å². The van der Waals surface area contributed by atoms with Crippen LogP contribution in [0.5, 0.6) is 0 Å². The molecule has 2 fully saturated rings. The van der Waals surface area contributed by atoms with Gasteiger partial charge in [0.05, 0.1) is 0 Å². The standard InChI is InChI=1S/C16H22N2O/c1-17-16(19)14-4-2-11(3-5-14)10-18-15(12-6-7-12)13-8-9-13/h2-5,12-13,15,18H,6-10H2,1H3,(H,17,19). The zero-order valence-electron chi connectivity index (χ0n) is 11.5. The normalized spacial score (nSPS) is 18.6. The Kier molecular flexibility index (Phi) is 3.56. The van der Waals surface area contributed by atoms with Gasteiger partial charge in [0, 0.05) is 25.2 Å². The van der Waals surface area contributed by atoms with Crippen LogP contribution >= 0.6 is 0 Å². The summed E-state index contributed by atoms with van der Waals surface area (Å²) in [4.78, 5) is 11.5. The van der Waals surface area contributed by atoms with E-state index < -0.39 is 0 Å². The molecule has 2 aliphatic carbocycles. The maximum Gasteiger partial charge on any atom is 0.251 e. The Morgan fingerprint density at radius 2 is 1.74 bits per heavy atom. The summed E-state index contributed by atoms with van der Waals surface area (Å²) in [5.74, 6) is 1.84. The van der Waals surface area contributed by atoms with Crippen molar-refractivity contribution in [2.45, 2.75) is 38.3 Å². The van der Waals surface area contributed by atoms with E-state index in [1.54, 1.807) is 7.05 Å². The number of amides is 1. The largest absolute Gasteiger partial charge is 0.355 e. The van der Waals surface area contributed by atoms with Crippen LogP contribution in [0.25, 0.3) is 0 Å². The van der Waals surface area contributed by atoms with Crippen molar-refractivity contribution in [3.05, 3.63) is 35.4 Å². The first-order valence-electron chi connectivity index (χ1n) is 7.32. The third-order valence-corrected chi connectivity index (χ3v) is 4.24. The molecule has 1 amide bonds. The first kappa shape index (κ1) is 12.7. The van der Waals surface area contributed by atoms with Gasteiger partial charge in [-0.3, -0.25) is 4.79 Å². The summed E-state index contributed by atoms with van der Waals surface area (Å²) in [6.45, 7) is 0.922. The highest BCUT2D eigenvalue weighted by Crippen LogP contribution is 2.44. The van der Waals surface area contributed by atoms with E-state index in [0.717, 1.165) is 30.0 Å². The summed E-state index contributed by atoms with van der Waals surface area (Å²) in [6.07, 6.45) is 5.63. The number of hydrogen-bond donors (Lipinski definition) is 2. The van der Waals surface area contributed by atoms with Crippen molar-refractivity contribution in [3.8, 4) is 0 Å². The zero-order valence-corrected chi connectivity index (χ0v) is 11.5. The first-order valence-corrected chi connectivity index (χ1v) is 7.32. The van der Waals surface area contributed by atoms with Gasteiger partial charge in [0.15, 0.2) is 0 Å². The molecule has 0 saturated heterocycles. The van der Waals surface area contributed by atoms with Gasteiger partial charge in [-0.1, -0.05) is 12.1 Å². The second-order valence-corrected chi connectivity index (χ2v) is 5.86. The molecule has 0 heterocycles. The van der Waals surface area contributed by atoms with Crippen LogP contribution in [0.1, 0.15) is 41.6 Å². The van der Waals surface area contributed by atoms with Crippen molar-refractivity contribution in [2.24, 2.45) is 11.8 Å². The lowest BCUT2D eigenvalue weighted by atomic mass is 10.1. The molecule has 3 nitrogen and oxygen atoms in total. The molecule has 0 radical (unpaired) electrons. The lowest BCUT2D eigenvalue weighted by Crippen LogP contribution is -2.32. The summed E-state index contributed by atoms with van der Waals surface area (Å²) < 4.78 is 0. The molecular formula is C16H22N2O. The highest BCUT2D eigenvalue weighted by molar-refractivity contribution is 5.93. The molecule has 0 spiro atoms. The zero-order chi connectivity index (χ0) is 13.2. The molecular weight excluding hydrogens is 236 g/mol. The number of carbonyl (C=O) groups is 1. The van der Waals surface area contributed by atoms with Crippen LogP contribution < -0.4 is 10.6 Å². The Bertz CT molecular complexity index is 434. The fraction of sp³-hybridized carbons (Fsp3) is 0.562. The second-order valence-electron chi connectivity index (χ2n) is 5.86. The summed E-state index contributed by atoms with van der Waals surface area (Å²) in [5, 5.41) is 6.36. The van der Waals surface area contributed by atoms with E-state index in [2.05, 4.69) is 22.8 Å². The van der Waals surface area contributed by atoms with Gasteiger partial charge in [0.1, 0.15) is 0 Å². The predicted molar refractivity (Wildman–Crippen MR) is 75.9 cm³/mol. The Labute approximate surface area is 114 Å². The Hall–Kier alpha value is -1.35. The van der Waals surface area contributed by atoms with Gasteiger partial charge in [-0.2, -0.15) is 0 Å². The molecule has 19 heavy (non-hydrogen) atoms. The van der Waals surface area contributed by atoms with E-state index in [-0.39, 0.29) is 5.91 Å². The third kappa shape index (κ3) is 3.16. The summed E-state index contributed by atoms with van der Waals surface area (Å²) in [7, 11) is 1.66. The quantitative estimate of drug-likeness (QED) is 0.822. The molecule has 3 rings (SSSR count). The monoisotopic (exact) mass is 258 g/mol. The second kappa shape index (κ2) is 5.33. The van der Waals surface area contributed by atoms with Gasteiger partial charge in [0.25, 0.3) is 5.91 Å². The van der Waals surface area contributed by atoms with Gasteiger partial charge in [-0.15, -0.1) is 0 Å². The molecule has 1 aromatic rings. The van der Waals surface area contributed by atoms with Crippen molar-refractivity contribution >= 4 is 5.91 Å². The molecule has 102 valence electrons. The fourth-order valence-electron chi connectivity index (χ4n) is 2.78. The number of rotatable bonds is 6. The van der Waals surface area contributed by atoms with Gasteiger partial charge < -0.3 is 10.6 Å². The highest BCUT2D eigenvalue weighted by Gasteiger charge is 2.40. The average Bonchev–Trinajstić information content (AvgIpc) is 3.31. The lowest BCUT2D eigenvalue weighted by Gasteiger charge is -2.17. The molecule has 2 N–H and O–H groups in total. The first-order chi connectivity index (χ1) is 9.28. The van der Waals surface area contributed by atoms with Crippen LogP contribution in [0, 0.1) is 11.8 Å². The molecule has 0 atom stereocenters. The summed E-state index contributed by atoms with van der Waals surface area (Å²) in [5.41, 5.74) is 1.99. The third-order valence-electron chi connectivity index (χ3n) is 4.24. The molecule has 2 saturated carbocycles. The van der Waals surface area contributed by atoms with Gasteiger partial charge >= 0.3 is 0 Å². The van der Waals surface area contributed by atoms with Crippen molar-refractivity contribution in [1.29, 1.82) is 0 Å². The molecule has 0 aliphatic heterocycles. The molecule has 0 bridgehead atoms. The van der Waals surface area contributed by atoms with Crippen molar-refractivity contribution in [3.63, 3.8) is 0 Å². The SMILES string of the molecule is CNC(=O)c1ccc(CNC(C2CC2)C2CC2)cc1. The molecule has 3 heteroatoms. The Morgan fingerprint density at radius 3 is 2.21 bits per heavy atom. The number of benzene rings is 1. The van der Waals surface area contributed by atoms with Gasteiger partial charge in [-0.25, -0.2) is 0 Å². The van der Waals surface area contributed by atoms with Crippen molar-refractivity contribution < 1.29 is 4.79 Å². The Balaban J connectivity index is 1.55. The van der Waals surface area contributed by atoms with Crippen molar-refractivity contribution in [2.75, 3.05) is 7.05 Å². The van der Waals surface area contributed by atoms with E-state index in [9.17, 15) is 4.79 Å². The van der Waals surface area contributed by atoms with Crippen LogP contribution in [-0.4, -0.2) is 19.0 Å². The molecule has 0 unspecified atom stereocenters. The van der Waals surface area contributed by atoms with E-state index in [1.807, 2.05) is 12.1 Å². The Morgan fingerprint density at radius 1 is 1.16 bits per heavy atom. The van der Waals surface area contributed by atoms with E-state index in [0.29, 0.717) is 0 Å². The van der Waals surface area contributed by atoms with Crippen LogP contribution in [0.3, 0.4) is 0 Å². The average molecular weight is 258 g/mol. The number of carbonyl (C=O) groups excluding carboxylic acids is 1. The van der Waals surface area contributed by atoms with Crippen molar-refractivity contribution in [1.82, 2.24) is 10.6 Å². The minimum Gasteiger partial charge on any atom is -0.355 e. The maximum atomic E-state index is 11.5. The minimum atomic E-state index is -0.0200. The summed E-state index contributed by atoms with van der Waals surface area (Å²) >= 11 is 0. The van der Waals surface area contributed by atoms with E-state index in [4.69, 9.17) is 0 Å². The van der Waals surface area contributed by atoms with E-state index in [1.165, 1.54) is 31.2 Å². The van der Waals surface area contributed by atoms with E-state index >= 15 is 0 Å².